The predicted molar refractivity (Wildman–Crippen MR) is 149 cm³/mol. The third-order valence-corrected chi connectivity index (χ3v) is 7.34. The fourth-order valence-corrected chi connectivity index (χ4v) is 5.42. The first-order valence-electron chi connectivity index (χ1n) is 13.3. The summed E-state index contributed by atoms with van der Waals surface area (Å²) in [5.41, 5.74) is 12.1. The molecule has 0 aliphatic heterocycles. The number of nitrogens with one attached hydrogen (secondary N) is 2. The van der Waals surface area contributed by atoms with Gasteiger partial charge in [-0.05, 0) is 73.2 Å². The van der Waals surface area contributed by atoms with E-state index >= 15 is 0 Å². The number of ether oxygens (including phenoxy) is 1. The quantitative estimate of drug-likeness (QED) is 0.285. The van der Waals surface area contributed by atoms with Crippen LogP contribution < -0.4 is 16.6 Å². The number of carbonyl (C=O) groups is 1. The topological polar surface area (TPSA) is 115 Å². The minimum absolute atomic E-state index is 0.150. The molecule has 2 aromatic carbocycles. The molecule has 8 heteroatoms. The number of nitrogens with zero attached hydrogens (tertiary/aromatic N) is 2. The van der Waals surface area contributed by atoms with Crippen molar-refractivity contribution >= 4 is 16.8 Å². The molecule has 4 aromatic rings. The predicted octanol–water partition coefficient (Wildman–Crippen LogP) is 4.53. The number of aromatic amines is 1. The third-order valence-electron chi connectivity index (χ3n) is 7.34. The SMILES string of the molecule is Cc1cc(C)c(CNC(=O)c2cc(-c3cccc(COCCN)c3)cc3c2cnn3C2CCCC2)c(=O)[nH]1. The molecule has 1 saturated carbocycles. The molecular weight excluding hydrogens is 478 g/mol. The monoisotopic (exact) mass is 513 g/mol. The number of rotatable bonds is 9. The number of nitrogens with two attached hydrogens (primary N) is 1. The van der Waals surface area contributed by atoms with Gasteiger partial charge in [0.15, 0.2) is 0 Å². The van der Waals surface area contributed by atoms with E-state index in [0.29, 0.717) is 36.9 Å². The number of carbonyl (C=O) groups excluding carboxylic acids is 1. The van der Waals surface area contributed by atoms with Gasteiger partial charge in [0, 0.05) is 29.7 Å². The molecule has 0 radical (unpaired) electrons. The molecule has 0 spiro atoms. The summed E-state index contributed by atoms with van der Waals surface area (Å²) in [6.07, 6.45) is 6.36. The number of hydrogen-bond acceptors (Lipinski definition) is 5. The van der Waals surface area contributed by atoms with Gasteiger partial charge in [0.25, 0.3) is 11.5 Å². The van der Waals surface area contributed by atoms with Gasteiger partial charge in [-0.3, -0.25) is 14.3 Å². The molecule has 38 heavy (non-hydrogen) atoms. The zero-order valence-electron chi connectivity index (χ0n) is 22.0. The van der Waals surface area contributed by atoms with Crippen LogP contribution in [0.1, 0.15) is 64.5 Å². The number of hydrogen-bond donors (Lipinski definition) is 3. The lowest BCUT2D eigenvalue weighted by Crippen LogP contribution is -2.28. The molecule has 0 unspecified atom stereocenters. The van der Waals surface area contributed by atoms with Crippen LogP contribution >= 0.6 is 0 Å². The molecule has 1 aliphatic carbocycles. The Bertz CT molecular complexity index is 1510. The van der Waals surface area contributed by atoms with Crippen LogP contribution in [0.15, 0.2) is 53.5 Å². The molecule has 1 fully saturated rings. The van der Waals surface area contributed by atoms with Gasteiger partial charge in [-0.1, -0.05) is 31.0 Å². The van der Waals surface area contributed by atoms with Crippen molar-refractivity contribution in [2.24, 2.45) is 5.73 Å². The van der Waals surface area contributed by atoms with Gasteiger partial charge in [0.1, 0.15) is 0 Å². The second-order valence-corrected chi connectivity index (χ2v) is 10.2. The highest BCUT2D eigenvalue weighted by Crippen LogP contribution is 2.35. The van der Waals surface area contributed by atoms with Crippen LogP contribution in [0, 0.1) is 13.8 Å². The van der Waals surface area contributed by atoms with E-state index in [9.17, 15) is 9.59 Å². The summed E-state index contributed by atoms with van der Waals surface area (Å²) in [6, 6.07) is 14.5. The van der Waals surface area contributed by atoms with Crippen LogP contribution in [0.2, 0.25) is 0 Å². The maximum Gasteiger partial charge on any atom is 0.253 e. The van der Waals surface area contributed by atoms with Crippen molar-refractivity contribution in [3.8, 4) is 11.1 Å². The van der Waals surface area contributed by atoms with Crippen LogP contribution in [0.3, 0.4) is 0 Å². The van der Waals surface area contributed by atoms with Gasteiger partial charge in [-0.2, -0.15) is 5.10 Å². The van der Waals surface area contributed by atoms with Crippen molar-refractivity contribution < 1.29 is 9.53 Å². The minimum atomic E-state index is -0.232. The van der Waals surface area contributed by atoms with Crippen molar-refractivity contribution in [2.45, 2.75) is 58.7 Å². The van der Waals surface area contributed by atoms with Crippen LogP contribution in [-0.2, 0) is 17.9 Å². The maximum absolute atomic E-state index is 13.6. The molecule has 8 nitrogen and oxygen atoms in total. The van der Waals surface area contributed by atoms with Gasteiger partial charge >= 0.3 is 0 Å². The largest absolute Gasteiger partial charge is 0.375 e. The van der Waals surface area contributed by atoms with E-state index in [4.69, 9.17) is 15.6 Å². The lowest BCUT2D eigenvalue weighted by molar-refractivity contribution is 0.0952. The highest BCUT2D eigenvalue weighted by atomic mass is 16.5. The van der Waals surface area contributed by atoms with E-state index in [0.717, 1.165) is 51.7 Å². The Labute approximate surface area is 222 Å². The Kier molecular flexibility index (Phi) is 7.72. The zero-order valence-corrected chi connectivity index (χ0v) is 22.0. The Morgan fingerprint density at radius 1 is 1.16 bits per heavy atom. The number of H-pyrrole nitrogens is 1. The van der Waals surface area contributed by atoms with Gasteiger partial charge in [0.2, 0.25) is 0 Å². The first kappa shape index (κ1) is 25.9. The van der Waals surface area contributed by atoms with Crippen LogP contribution in [0.4, 0.5) is 0 Å². The van der Waals surface area contributed by atoms with Crippen molar-refractivity contribution in [3.63, 3.8) is 0 Å². The lowest BCUT2D eigenvalue weighted by Gasteiger charge is -2.14. The number of fused-ring (bicyclic) bond motifs is 1. The van der Waals surface area contributed by atoms with E-state index in [1.807, 2.05) is 44.2 Å². The molecule has 1 aliphatic rings. The summed E-state index contributed by atoms with van der Waals surface area (Å²) in [5, 5.41) is 8.53. The normalized spacial score (nSPS) is 13.9. The number of aryl methyl sites for hydroxylation is 2. The lowest BCUT2D eigenvalue weighted by atomic mass is 9.98. The summed E-state index contributed by atoms with van der Waals surface area (Å²) in [5.74, 6) is -0.232. The average molecular weight is 514 g/mol. The number of benzene rings is 2. The van der Waals surface area contributed by atoms with Crippen molar-refractivity contribution in [1.82, 2.24) is 20.1 Å². The molecule has 0 atom stereocenters. The van der Waals surface area contributed by atoms with Gasteiger partial charge in [-0.15, -0.1) is 0 Å². The summed E-state index contributed by atoms with van der Waals surface area (Å²) in [4.78, 5) is 28.9. The molecule has 2 aromatic heterocycles. The average Bonchev–Trinajstić information content (AvgIpc) is 3.58. The van der Waals surface area contributed by atoms with Crippen LogP contribution in [-0.4, -0.2) is 33.8 Å². The molecule has 4 N–H and O–H groups in total. The molecule has 0 bridgehead atoms. The summed E-state index contributed by atoms with van der Waals surface area (Å²) < 4.78 is 7.72. The van der Waals surface area contributed by atoms with Gasteiger partial charge in [0.05, 0.1) is 36.5 Å². The van der Waals surface area contributed by atoms with Crippen molar-refractivity contribution in [1.29, 1.82) is 0 Å². The summed E-state index contributed by atoms with van der Waals surface area (Å²) in [6.45, 7) is 5.35. The van der Waals surface area contributed by atoms with E-state index in [1.54, 1.807) is 6.20 Å². The molecule has 0 saturated heterocycles. The first-order chi connectivity index (χ1) is 18.4. The van der Waals surface area contributed by atoms with E-state index in [-0.39, 0.29) is 18.0 Å². The van der Waals surface area contributed by atoms with E-state index in [1.165, 1.54) is 12.8 Å². The Morgan fingerprint density at radius 3 is 2.74 bits per heavy atom. The number of aromatic nitrogens is 3. The standard InChI is InChI=1S/C30H35N5O3/c1-19-12-20(2)34-30(37)26(19)16-32-29(36)25-14-23(22-7-5-6-21(13-22)18-38-11-10-31)15-28-27(25)17-33-35(28)24-8-3-4-9-24/h5-7,12-15,17,24H,3-4,8-11,16,18,31H2,1-2H3,(H,32,36)(H,34,37). The molecular formula is C30H35N5O3. The third kappa shape index (κ3) is 5.42. The van der Waals surface area contributed by atoms with Crippen LogP contribution in [0.5, 0.6) is 0 Å². The van der Waals surface area contributed by atoms with Gasteiger partial charge < -0.3 is 20.8 Å². The first-order valence-corrected chi connectivity index (χ1v) is 13.3. The van der Waals surface area contributed by atoms with E-state index < -0.39 is 0 Å². The smallest absolute Gasteiger partial charge is 0.253 e. The second kappa shape index (κ2) is 11.3. The fourth-order valence-electron chi connectivity index (χ4n) is 5.42. The zero-order chi connectivity index (χ0) is 26.6. The minimum Gasteiger partial charge on any atom is -0.375 e. The molecule has 2 heterocycles. The highest BCUT2D eigenvalue weighted by Gasteiger charge is 2.23. The molecule has 5 rings (SSSR count). The fraction of sp³-hybridized carbons (Fsp3) is 0.367. The highest BCUT2D eigenvalue weighted by molar-refractivity contribution is 6.08. The summed E-state index contributed by atoms with van der Waals surface area (Å²) >= 11 is 0. The Hall–Kier alpha value is -3.75. The maximum atomic E-state index is 13.6. The van der Waals surface area contributed by atoms with Crippen LogP contribution in [0.25, 0.3) is 22.0 Å². The van der Waals surface area contributed by atoms with Crippen molar-refractivity contribution in [2.75, 3.05) is 13.2 Å². The van der Waals surface area contributed by atoms with E-state index in [2.05, 4.69) is 27.1 Å². The number of amides is 1. The molecule has 198 valence electrons. The number of pyridine rings is 1. The second-order valence-electron chi connectivity index (χ2n) is 10.2. The van der Waals surface area contributed by atoms with Crippen molar-refractivity contribution in [3.05, 3.63) is 87.0 Å². The molecule has 1 amide bonds. The Morgan fingerprint density at radius 2 is 1.97 bits per heavy atom. The van der Waals surface area contributed by atoms with Gasteiger partial charge in [-0.25, -0.2) is 0 Å². The Balaban J connectivity index is 1.52. The summed E-state index contributed by atoms with van der Waals surface area (Å²) in [7, 11) is 0.